The van der Waals surface area contributed by atoms with E-state index in [1.807, 2.05) is 25.1 Å². The van der Waals surface area contributed by atoms with E-state index >= 15 is 0 Å². The summed E-state index contributed by atoms with van der Waals surface area (Å²) in [4.78, 5) is 0. The second-order valence-electron chi connectivity index (χ2n) is 4.02. The summed E-state index contributed by atoms with van der Waals surface area (Å²) in [5.74, 6) is 1.54. The highest BCUT2D eigenvalue weighted by atomic mass is 16.6. The van der Waals surface area contributed by atoms with Crippen LogP contribution in [0.1, 0.15) is 18.9 Å². The number of ether oxygens (including phenoxy) is 3. The molecule has 4 heteroatoms. The predicted octanol–water partition coefficient (Wildman–Crippen LogP) is 1.71. The van der Waals surface area contributed by atoms with Gasteiger partial charge in [0.25, 0.3) is 0 Å². The highest BCUT2D eigenvalue weighted by Gasteiger charge is 2.19. The van der Waals surface area contributed by atoms with E-state index in [4.69, 9.17) is 19.9 Å². The first kappa shape index (κ1) is 12.2. The summed E-state index contributed by atoms with van der Waals surface area (Å²) in [5, 5.41) is 0. The minimum atomic E-state index is 0.137. The molecule has 2 N–H and O–H groups in total. The molecule has 1 aromatic rings. The molecule has 0 radical (unpaired) electrons. The zero-order valence-electron chi connectivity index (χ0n) is 10.1. The zero-order valence-corrected chi connectivity index (χ0v) is 10.1. The quantitative estimate of drug-likeness (QED) is 0.847. The van der Waals surface area contributed by atoms with E-state index in [0.29, 0.717) is 19.8 Å². The monoisotopic (exact) mass is 237 g/mol. The number of hydrogen-bond acceptors (Lipinski definition) is 4. The van der Waals surface area contributed by atoms with Gasteiger partial charge in [0.15, 0.2) is 11.5 Å². The Hall–Kier alpha value is -1.26. The molecule has 1 aliphatic rings. The van der Waals surface area contributed by atoms with Crippen molar-refractivity contribution in [1.29, 1.82) is 0 Å². The molecule has 2 rings (SSSR count). The molecule has 4 nitrogen and oxygen atoms in total. The van der Waals surface area contributed by atoms with Crippen LogP contribution in [0.4, 0.5) is 0 Å². The highest BCUT2D eigenvalue weighted by Crippen LogP contribution is 2.30. The van der Waals surface area contributed by atoms with E-state index in [0.717, 1.165) is 30.1 Å². The fourth-order valence-electron chi connectivity index (χ4n) is 1.83. The van der Waals surface area contributed by atoms with Crippen LogP contribution in [0.5, 0.6) is 11.5 Å². The fraction of sp³-hybridized carbons (Fsp3) is 0.538. The topological polar surface area (TPSA) is 53.7 Å². The van der Waals surface area contributed by atoms with Gasteiger partial charge in [0.1, 0.15) is 6.10 Å². The van der Waals surface area contributed by atoms with E-state index in [9.17, 15) is 0 Å². The zero-order chi connectivity index (χ0) is 12.1. The predicted molar refractivity (Wildman–Crippen MR) is 65.4 cm³/mol. The Morgan fingerprint density at radius 1 is 1.41 bits per heavy atom. The van der Waals surface area contributed by atoms with Gasteiger partial charge in [0.05, 0.1) is 19.8 Å². The summed E-state index contributed by atoms with van der Waals surface area (Å²) in [6, 6.07) is 5.83. The van der Waals surface area contributed by atoms with E-state index < -0.39 is 0 Å². The molecule has 0 aromatic heterocycles. The molecule has 94 valence electrons. The van der Waals surface area contributed by atoms with Gasteiger partial charge in [-0.2, -0.15) is 0 Å². The van der Waals surface area contributed by atoms with Crippen LogP contribution in [0.3, 0.4) is 0 Å². The summed E-state index contributed by atoms with van der Waals surface area (Å²) in [6.07, 6.45) is 1.07. The van der Waals surface area contributed by atoms with Gasteiger partial charge in [0.2, 0.25) is 0 Å². The molecule has 1 fully saturated rings. The van der Waals surface area contributed by atoms with Crippen molar-refractivity contribution in [2.24, 2.45) is 5.73 Å². The third kappa shape index (κ3) is 3.11. The molecule has 0 amide bonds. The van der Waals surface area contributed by atoms with E-state index in [1.165, 1.54) is 0 Å². The van der Waals surface area contributed by atoms with Crippen LogP contribution in [0, 0.1) is 0 Å². The fourth-order valence-corrected chi connectivity index (χ4v) is 1.83. The van der Waals surface area contributed by atoms with E-state index in [-0.39, 0.29) is 6.10 Å². The lowest BCUT2D eigenvalue weighted by Gasteiger charge is -2.16. The lowest BCUT2D eigenvalue weighted by Crippen LogP contribution is -2.16. The maximum Gasteiger partial charge on any atom is 0.161 e. The minimum absolute atomic E-state index is 0.137. The van der Waals surface area contributed by atoms with Gasteiger partial charge < -0.3 is 19.9 Å². The number of hydrogen-bond donors (Lipinski definition) is 1. The largest absolute Gasteiger partial charge is 0.490 e. The van der Waals surface area contributed by atoms with E-state index in [2.05, 4.69) is 0 Å². The van der Waals surface area contributed by atoms with Crippen LogP contribution < -0.4 is 15.2 Å². The Balaban J connectivity index is 2.12. The van der Waals surface area contributed by atoms with Crippen LogP contribution in [-0.4, -0.2) is 25.9 Å². The highest BCUT2D eigenvalue weighted by molar-refractivity contribution is 5.43. The smallest absolute Gasteiger partial charge is 0.161 e. The van der Waals surface area contributed by atoms with Crippen molar-refractivity contribution in [1.82, 2.24) is 0 Å². The Bertz CT molecular complexity index is 362. The Morgan fingerprint density at radius 2 is 2.29 bits per heavy atom. The van der Waals surface area contributed by atoms with Crippen molar-refractivity contribution >= 4 is 0 Å². The molecular weight excluding hydrogens is 218 g/mol. The number of rotatable bonds is 5. The third-order valence-corrected chi connectivity index (χ3v) is 2.73. The average Bonchev–Trinajstić information content (AvgIpc) is 2.84. The molecule has 0 spiro atoms. The van der Waals surface area contributed by atoms with Crippen LogP contribution in [0.2, 0.25) is 0 Å². The Morgan fingerprint density at radius 3 is 2.94 bits per heavy atom. The molecule has 0 bridgehead atoms. The molecule has 1 aromatic carbocycles. The molecule has 1 aliphatic heterocycles. The van der Waals surface area contributed by atoms with Gasteiger partial charge in [-0.3, -0.25) is 0 Å². The molecule has 0 aliphatic carbocycles. The number of nitrogens with two attached hydrogens (primary N) is 1. The van der Waals surface area contributed by atoms with Crippen molar-refractivity contribution in [3.05, 3.63) is 23.8 Å². The summed E-state index contributed by atoms with van der Waals surface area (Å²) in [7, 11) is 0. The summed E-state index contributed by atoms with van der Waals surface area (Å²) in [6.45, 7) is 4.51. The van der Waals surface area contributed by atoms with Crippen LogP contribution >= 0.6 is 0 Å². The van der Waals surface area contributed by atoms with Gasteiger partial charge in [-0.1, -0.05) is 6.07 Å². The van der Waals surface area contributed by atoms with Crippen LogP contribution in [0.25, 0.3) is 0 Å². The minimum Gasteiger partial charge on any atom is -0.490 e. The maximum atomic E-state index is 5.87. The maximum absolute atomic E-state index is 5.87. The standard InChI is InChI=1S/C13H19NO3/c1-2-16-13-7-10(8-14)3-4-12(13)17-11-5-6-15-9-11/h3-4,7,11H,2,5-6,8-9,14H2,1H3. The summed E-state index contributed by atoms with van der Waals surface area (Å²) in [5.41, 5.74) is 6.66. The molecular formula is C13H19NO3. The number of benzene rings is 1. The van der Waals surface area contributed by atoms with E-state index in [1.54, 1.807) is 0 Å². The first-order chi connectivity index (χ1) is 8.33. The van der Waals surface area contributed by atoms with Crippen LogP contribution in [-0.2, 0) is 11.3 Å². The van der Waals surface area contributed by atoms with Gasteiger partial charge in [-0.15, -0.1) is 0 Å². The molecule has 1 atom stereocenters. The molecule has 1 unspecified atom stereocenters. The molecule has 0 saturated carbocycles. The van der Waals surface area contributed by atoms with Crippen molar-refractivity contribution < 1.29 is 14.2 Å². The van der Waals surface area contributed by atoms with Gasteiger partial charge >= 0.3 is 0 Å². The molecule has 1 heterocycles. The lowest BCUT2D eigenvalue weighted by molar-refractivity contribution is 0.138. The summed E-state index contributed by atoms with van der Waals surface area (Å²) >= 11 is 0. The molecule has 17 heavy (non-hydrogen) atoms. The average molecular weight is 237 g/mol. The van der Waals surface area contributed by atoms with Gasteiger partial charge in [-0.25, -0.2) is 0 Å². The second kappa shape index (κ2) is 5.89. The van der Waals surface area contributed by atoms with Crippen molar-refractivity contribution in [3.8, 4) is 11.5 Å². The van der Waals surface area contributed by atoms with Crippen molar-refractivity contribution in [2.75, 3.05) is 19.8 Å². The van der Waals surface area contributed by atoms with Crippen LogP contribution in [0.15, 0.2) is 18.2 Å². The third-order valence-electron chi connectivity index (χ3n) is 2.73. The van der Waals surface area contributed by atoms with Crippen molar-refractivity contribution in [2.45, 2.75) is 26.0 Å². The first-order valence-electron chi connectivity index (χ1n) is 6.03. The summed E-state index contributed by atoms with van der Waals surface area (Å²) < 4.78 is 16.7. The van der Waals surface area contributed by atoms with Gasteiger partial charge in [0, 0.05) is 13.0 Å². The SMILES string of the molecule is CCOc1cc(CN)ccc1OC1CCOC1. The van der Waals surface area contributed by atoms with Crippen molar-refractivity contribution in [3.63, 3.8) is 0 Å². The first-order valence-corrected chi connectivity index (χ1v) is 6.03. The Labute approximate surface area is 102 Å². The van der Waals surface area contributed by atoms with Gasteiger partial charge in [-0.05, 0) is 24.6 Å². The normalized spacial score (nSPS) is 19.3. The second-order valence-corrected chi connectivity index (χ2v) is 4.02. The molecule has 1 saturated heterocycles. The Kier molecular flexibility index (Phi) is 4.23. The lowest BCUT2D eigenvalue weighted by atomic mass is 10.2.